The second kappa shape index (κ2) is 6.22. The van der Waals surface area contributed by atoms with Gasteiger partial charge in [-0.3, -0.25) is 4.79 Å². The molecule has 0 aliphatic heterocycles. The number of nitrogens with zero attached hydrogens (tertiary/aromatic N) is 3. The fourth-order valence-electron chi connectivity index (χ4n) is 2.42. The summed E-state index contributed by atoms with van der Waals surface area (Å²) in [7, 11) is 0. The zero-order valence-corrected chi connectivity index (χ0v) is 11.8. The van der Waals surface area contributed by atoms with E-state index in [1.54, 1.807) is 30.5 Å². The van der Waals surface area contributed by atoms with Crippen LogP contribution in [0.15, 0.2) is 59.9 Å². The van der Waals surface area contributed by atoms with Gasteiger partial charge in [0, 0.05) is 17.2 Å². The Morgan fingerprint density at radius 3 is 2.77 bits per heavy atom. The van der Waals surface area contributed by atoms with Gasteiger partial charge in [-0.25, -0.2) is 0 Å². The van der Waals surface area contributed by atoms with Gasteiger partial charge in [-0.1, -0.05) is 36.4 Å². The summed E-state index contributed by atoms with van der Waals surface area (Å²) in [6, 6.07) is 14.5. The molecule has 0 atom stereocenters. The summed E-state index contributed by atoms with van der Waals surface area (Å²) in [6.07, 6.45) is 2.14. The van der Waals surface area contributed by atoms with Gasteiger partial charge >= 0.3 is 0 Å². The molecule has 5 nitrogen and oxygen atoms in total. The minimum Gasteiger partial charge on any atom is -0.299 e. The predicted octanol–water partition coefficient (Wildman–Crippen LogP) is 3.38. The topological polar surface area (TPSA) is 72.3 Å². The number of carbonyl (C=O) groups is 1. The average molecular weight is 291 g/mol. The molecule has 0 unspecified atom stereocenters. The maximum Gasteiger partial charge on any atom is 0.143 e. The quantitative estimate of drug-likeness (QED) is 0.675. The van der Waals surface area contributed by atoms with Crippen LogP contribution in [0.25, 0.3) is 10.8 Å². The second-order valence-corrected chi connectivity index (χ2v) is 5.03. The van der Waals surface area contributed by atoms with Crippen molar-refractivity contribution in [3.05, 3.63) is 70.9 Å². The lowest BCUT2D eigenvalue weighted by Gasteiger charge is -2.04. The van der Waals surface area contributed by atoms with Crippen molar-refractivity contribution < 1.29 is 4.79 Å². The number of ketones is 1. The van der Waals surface area contributed by atoms with Crippen molar-refractivity contribution in [3.63, 3.8) is 0 Å². The number of carbonyl (C=O) groups excluding carboxylic acids is 1. The summed E-state index contributed by atoms with van der Waals surface area (Å²) in [5, 5.41) is 12.8. The molecule has 22 heavy (non-hydrogen) atoms. The number of hydrogen-bond donors (Lipinski definition) is 0. The first-order valence-corrected chi connectivity index (χ1v) is 6.89. The van der Waals surface area contributed by atoms with Crippen LogP contribution in [0.5, 0.6) is 0 Å². The number of nitroso groups, excluding NO2 is 1. The molecule has 0 aliphatic carbocycles. The summed E-state index contributed by atoms with van der Waals surface area (Å²) in [5.74, 6) is 0.0219. The van der Waals surface area contributed by atoms with E-state index in [1.165, 1.54) is 0 Å². The van der Waals surface area contributed by atoms with Crippen molar-refractivity contribution in [2.75, 3.05) is 0 Å². The Morgan fingerprint density at radius 1 is 1.05 bits per heavy atom. The van der Waals surface area contributed by atoms with Gasteiger partial charge in [0.2, 0.25) is 0 Å². The number of aromatic nitrogens is 2. The van der Waals surface area contributed by atoms with Crippen LogP contribution in [0, 0.1) is 4.91 Å². The van der Waals surface area contributed by atoms with E-state index in [2.05, 4.69) is 15.4 Å². The van der Waals surface area contributed by atoms with Gasteiger partial charge in [-0.05, 0) is 22.9 Å². The highest BCUT2D eigenvalue weighted by Crippen LogP contribution is 2.17. The van der Waals surface area contributed by atoms with E-state index in [4.69, 9.17) is 0 Å². The normalized spacial score (nSPS) is 10.5. The molecule has 0 N–H and O–H groups in total. The van der Waals surface area contributed by atoms with E-state index >= 15 is 0 Å². The minimum absolute atomic E-state index is 0.0219. The zero-order chi connectivity index (χ0) is 15.4. The third kappa shape index (κ3) is 3.03. The summed E-state index contributed by atoms with van der Waals surface area (Å²) >= 11 is 0. The summed E-state index contributed by atoms with van der Waals surface area (Å²) < 4.78 is 0. The lowest BCUT2D eigenvalue weighted by atomic mass is 10.0. The number of Topliss-reactive ketones (excluding diaryl/α,β-unsaturated/α-hetero) is 1. The molecule has 0 aliphatic rings. The molecule has 0 bridgehead atoms. The van der Waals surface area contributed by atoms with Gasteiger partial charge < -0.3 is 0 Å². The first-order chi connectivity index (χ1) is 10.8. The fourth-order valence-corrected chi connectivity index (χ4v) is 2.42. The molecular weight excluding hydrogens is 278 g/mol. The Bertz CT molecular complexity index is 841. The fraction of sp³-hybridized carbons (Fsp3) is 0.118. The highest BCUT2D eigenvalue weighted by atomic mass is 16.3. The summed E-state index contributed by atoms with van der Waals surface area (Å²) in [4.78, 5) is 22.8. The van der Waals surface area contributed by atoms with Crippen molar-refractivity contribution in [1.29, 1.82) is 0 Å². The van der Waals surface area contributed by atoms with Crippen LogP contribution in [0.3, 0.4) is 0 Å². The molecule has 1 aromatic heterocycles. The summed E-state index contributed by atoms with van der Waals surface area (Å²) in [5.41, 5.74) is 1.78. The highest BCUT2D eigenvalue weighted by Gasteiger charge is 2.10. The third-order valence-corrected chi connectivity index (χ3v) is 3.43. The Kier molecular flexibility index (Phi) is 3.96. The molecule has 3 aromatic rings. The molecule has 108 valence electrons. The largest absolute Gasteiger partial charge is 0.299 e. The monoisotopic (exact) mass is 291 g/mol. The lowest BCUT2D eigenvalue weighted by molar-refractivity contribution is -0.117. The lowest BCUT2D eigenvalue weighted by Crippen LogP contribution is -2.09. The Hall–Kier alpha value is -2.95. The van der Waals surface area contributed by atoms with Crippen LogP contribution in [0.4, 0.5) is 5.69 Å². The van der Waals surface area contributed by atoms with Crippen LogP contribution < -0.4 is 0 Å². The highest BCUT2D eigenvalue weighted by molar-refractivity contribution is 5.90. The van der Waals surface area contributed by atoms with E-state index in [0.29, 0.717) is 11.4 Å². The molecule has 0 fully saturated rings. The van der Waals surface area contributed by atoms with Crippen LogP contribution in [-0.2, 0) is 17.6 Å². The maximum absolute atomic E-state index is 12.2. The van der Waals surface area contributed by atoms with Crippen molar-refractivity contribution in [2.24, 2.45) is 5.18 Å². The Labute approximate surface area is 127 Å². The van der Waals surface area contributed by atoms with E-state index in [9.17, 15) is 9.70 Å². The number of fused-ring (bicyclic) bond motifs is 1. The van der Waals surface area contributed by atoms with E-state index in [0.717, 1.165) is 16.3 Å². The molecule has 5 heteroatoms. The number of rotatable bonds is 5. The SMILES string of the molecule is O=Nc1cccc(CC(=O)Cc2nncc3ccccc23)c1. The molecule has 0 spiro atoms. The minimum atomic E-state index is 0.0219. The zero-order valence-electron chi connectivity index (χ0n) is 11.8. The average Bonchev–Trinajstić information content (AvgIpc) is 2.55. The van der Waals surface area contributed by atoms with Gasteiger partial charge in [0.1, 0.15) is 11.5 Å². The van der Waals surface area contributed by atoms with Gasteiger partial charge in [0.15, 0.2) is 0 Å². The molecular formula is C17H13N3O2. The summed E-state index contributed by atoms with van der Waals surface area (Å²) in [6.45, 7) is 0. The van der Waals surface area contributed by atoms with Gasteiger partial charge in [-0.15, -0.1) is 4.91 Å². The molecule has 0 saturated heterocycles. The van der Waals surface area contributed by atoms with Crippen molar-refractivity contribution in [2.45, 2.75) is 12.8 Å². The van der Waals surface area contributed by atoms with E-state index < -0.39 is 0 Å². The Morgan fingerprint density at radius 2 is 1.91 bits per heavy atom. The number of benzene rings is 2. The van der Waals surface area contributed by atoms with E-state index in [1.807, 2.05) is 24.3 Å². The standard InChI is InChI=1S/C17H13N3O2/c21-15(9-12-4-3-6-14(8-12)20-22)10-17-16-7-2-1-5-13(16)11-18-19-17/h1-8,11H,9-10H2. The number of hydrogen-bond acceptors (Lipinski definition) is 5. The maximum atomic E-state index is 12.2. The third-order valence-electron chi connectivity index (χ3n) is 3.43. The van der Waals surface area contributed by atoms with Gasteiger partial charge in [0.25, 0.3) is 0 Å². The Balaban J connectivity index is 1.80. The van der Waals surface area contributed by atoms with Crippen molar-refractivity contribution in [3.8, 4) is 0 Å². The van der Waals surface area contributed by atoms with Crippen LogP contribution in [-0.4, -0.2) is 16.0 Å². The molecule has 3 rings (SSSR count). The van der Waals surface area contributed by atoms with Crippen molar-refractivity contribution >= 4 is 22.2 Å². The smallest absolute Gasteiger partial charge is 0.143 e. The second-order valence-electron chi connectivity index (χ2n) is 5.03. The van der Waals surface area contributed by atoms with Crippen LogP contribution in [0.1, 0.15) is 11.3 Å². The first-order valence-electron chi connectivity index (χ1n) is 6.89. The van der Waals surface area contributed by atoms with Crippen LogP contribution >= 0.6 is 0 Å². The predicted molar refractivity (Wildman–Crippen MR) is 83.9 cm³/mol. The molecule has 0 radical (unpaired) electrons. The molecule has 0 amide bonds. The van der Waals surface area contributed by atoms with E-state index in [-0.39, 0.29) is 18.6 Å². The molecule has 1 heterocycles. The molecule has 2 aromatic carbocycles. The van der Waals surface area contributed by atoms with Gasteiger partial charge in [-0.2, -0.15) is 10.2 Å². The first kappa shape index (κ1) is 14.0. The van der Waals surface area contributed by atoms with Crippen molar-refractivity contribution in [1.82, 2.24) is 10.2 Å². The van der Waals surface area contributed by atoms with Gasteiger partial charge in [0.05, 0.1) is 18.3 Å². The molecule has 0 saturated carbocycles. The van der Waals surface area contributed by atoms with Crippen LogP contribution in [0.2, 0.25) is 0 Å².